The zero-order valence-corrected chi connectivity index (χ0v) is 13.2. The van der Waals surface area contributed by atoms with E-state index in [-0.39, 0.29) is 12.0 Å². The van der Waals surface area contributed by atoms with Gasteiger partial charge in [-0.1, -0.05) is 35.5 Å². The highest BCUT2D eigenvalue weighted by atomic mass is 16.5. The summed E-state index contributed by atoms with van der Waals surface area (Å²) in [4.78, 5) is 14.2. The Hall–Kier alpha value is -2.18. The summed E-state index contributed by atoms with van der Waals surface area (Å²) in [7, 11) is 0. The van der Waals surface area contributed by atoms with Crippen LogP contribution < -0.4 is 5.32 Å². The predicted octanol–water partition coefficient (Wildman–Crippen LogP) is 2.39. The summed E-state index contributed by atoms with van der Waals surface area (Å²) in [6.45, 7) is 4.83. The second-order valence-electron chi connectivity index (χ2n) is 5.69. The first-order valence-corrected chi connectivity index (χ1v) is 7.83. The van der Waals surface area contributed by atoms with E-state index in [1.165, 1.54) is 5.56 Å². The van der Waals surface area contributed by atoms with E-state index in [0.29, 0.717) is 31.2 Å². The van der Waals surface area contributed by atoms with Gasteiger partial charge in [0.05, 0.1) is 12.7 Å². The molecule has 1 aliphatic rings. The molecule has 1 amide bonds. The van der Waals surface area contributed by atoms with E-state index < -0.39 is 0 Å². The van der Waals surface area contributed by atoms with Gasteiger partial charge in [0.25, 0.3) is 0 Å². The van der Waals surface area contributed by atoms with Crippen LogP contribution in [-0.2, 0) is 9.53 Å². The van der Waals surface area contributed by atoms with E-state index in [4.69, 9.17) is 9.26 Å². The minimum atomic E-state index is -0.0546. The second-order valence-corrected chi connectivity index (χ2v) is 5.69. The number of rotatable bonds is 5. The SMILES string of the molecule is Cc1cc(NC(=O)CCN2CCOC(c3ccccc3)C2)no1. The summed E-state index contributed by atoms with van der Waals surface area (Å²) in [5.74, 6) is 1.09. The minimum absolute atomic E-state index is 0.0546. The smallest absolute Gasteiger partial charge is 0.226 e. The molecule has 0 aliphatic carbocycles. The van der Waals surface area contributed by atoms with Gasteiger partial charge >= 0.3 is 0 Å². The molecule has 1 aliphatic heterocycles. The molecule has 23 heavy (non-hydrogen) atoms. The van der Waals surface area contributed by atoms with Crippen LogP contribution in [0.25, 0.3) is 0 Å². The summed E-state index contributed by atoms with van der Waals surface area (Å²) >= 11 is 0. The monoisotopic (exact) mass is 315 g/mol. The quantitative estimate of drug-likeness (QED) is 0.917. The van der Waals surface area contributed by atoms with Crippen LogP contribution in [0.15, 0.2) is 40.9 Å². The fourth-order valence-electron chi connectivity index (χ4n) is 2.67. The highest BCUT2D eigenvalue weighted by Crippen LogP contribution is 2.21. The number of carbonyl (C=O) groups excluding carboxylic acids is 1. The molecule has 1 aromatic carbocycles. The summed E-state index contributed by atoms with van der Waals surface area (Å²) in [5.41, 5.74) is 1.18. The van der Waals surface area contributed by atoms with Crippen molar-refractivity contribution in [3.63, 3.8) is 0 Å². The first-order chi connectivity index (χ1) is 11.2. The number of aryl methyl sites for hydroxylation is 1. The number of amides is 1. The van der Waals surface area contributed by atoms with Gasteiger partial charge in [0.1, 0.15) is 5.76 Å². The number of ether oxygens (including phenoxy) is 1. The average molecular weight is 315 g/mol. The molecule has 1 atom stereocenters. The van der Waals surface area contributed by atoms with Crippen LogP contribution in [0.3, 0.4) is 0 Å². The van der Waals surface area contributed by atoms with Crippen LogP contribution in [0, 0.1) is 6.92 Å². The molecule has 6 nitrogen and oxygen atoms in total. The van der Waals surface area contributed by atoms with E-state index >= 15 is 0 Å². The Balaban J connectivity index is 1.47. The molecule has 2 aromatic rings. The zero-order valence-electron chi connectivity index (χ0n) is 13.2. The fourth-order valence-corrected chi connectivity index (χ4v) is 2.67. The first-order valence-electron chi connectivity index (χ1n) is 7.83. The van der Waals surface area contributed by atoms with Crippen molar-refractivity contribution in [1.29, 1.82) is 0 Å². The lowest BCUT2D eigenvalue weighted by Crippen LogP contribution is -2.39. The minimum Gasteiger partial charge on any atom is -0.371 e. The largest absolute Gasteiger partial charge is 0.371 e. The molecule has 1 fully saturated rings. The van der Waals surface area contributed by atoms with Crippen LogP contribution in [-0.4, -0.2) is 42.2 Å². The van der Waals surface area contributed by atoms with Gasteiger partial charge in [-0.3, -0.25) is 9.69 Å². The summed E-state index contributed by atoms with van der Waals surface area (Å²) in [6.07, 6.45) is 0.499. The molecule has 0 saturated carbocycles. The molecule has 0 radical (unpaired) electrons. The highest BCUT2D eigenvalue weighted by Gasteiger charge is 2.22. The van der Waals surface area contributed by atoms with Crippen LogP contribution in [0.2, 0.25) is 0 Å². The lowest BCUT2D eigenvalue weighted by molar-refractivity contribution is -0.117. The molecule has 1 saturated heterocycles. The number of hydrogen-bond donors (Lipinski definition) is 1. The molecule has 1 unspecified atom stereocenters. The molecule has 2 heterocycles. The molecular formula is C17H21N3O3. The topological polar surface area (TPSA) is 67.6 Å². The second kappa shape index (κ2) is 7.39. The number of benzene rings is 1. The van der Waals surface area contributed by atoms with Crippen molar-refractivity contribution in [3.05, 3.63) is 47.7 Å². The maximum Gasteiger partial charge on any atom is 0.226 e. The van der Waals surface area contributed by atoms with Gasteiger partial charge in [-0.15, -0.1) is 0 Å². The van der Waals surface area contributed by atoms with Crippen molar-refractivity contribution >= 4 is 11.7 Å². The standard InChI is InChI=1S/C17H21N3O3/c1-13-11-16(19-23-13)18-17(21)7-8-20-9-10-22-15(12-20)14-5-3-2-4-6-14/h2-6,11,15H,7-10,12H2,1H3,(H,18,19,21). The summed E-state index contributed by atoms with van der Waals surface area (Å²) < 4.78 is 10.8. The number of hydrogen-bond acceptors (Lipinski definition) is 5. The van der Waals surface area contributed by atoms with Gasteiger partial charge in [0, 0.05) is 32.1 Å². The normalized spacial score (nSPS) is 18.7. The lowest BCUT2D eigenvalue weighted by Gasteiger charge is -2.33. The van der Waals surface area contributed by atoms with Crippen molar-refractivity contribution in [2.45, 2.75) is 19.4 Å². The van der Waals surface area contributed by atoms with Crippen molar-refractivity contribution in [2.75, 3.05) is 31.6 Å². The number of nitrogens with zero attached hydrogens (tertiary/aromatic N) is 2. The molecule has 3 rings (SSSR count). The maximum absolute atomic E-state index is 12.0. The predicted molar refractivity (Wildman–Crippen MR) is 86.1 cm³/mol. The number of aromatic nitrogens is 1. The molecule has 1 aromatic heterocycles. The Morgan fingerprint density at radius 2 is 2.22 bits per heavy atom. The Morgan fingerprint density at radius 3 is 2.96 bits per heavy atom. The van der Waals surface area contributed by atoms with E-state index in [0.717, 1.165) is 13.1 Å². The van der Waals surface area contributed by atoms with Gasteiger partial charge in [-0.2, -0.15) is 0 Å². The molecule has 0 bridgehead atoms. The average Bonchev–Trinajstić information content (AvgIpc) is 2.99. The summed E-state index contributed by atoms with van der Waals surface area (Å²) in [5, 5.41) is 6.51. The van der Waals surface area contributed by atoms with Gasteiger partial charge in [0.15, 0.2) is 5.82 Å². The molecular weight excluding hydrogens is 294 g/mol. The van der Waals surface area contributed by atoms with E-state index in [1.54, 1.807) is 13.0 Å². The van der Waals surface area contributed by atoms with Gasteiger partial charge < -0.3 is 14.6 Å². The molecule has 122 valence electrons. The third kappa shape index (κ3) is 4.40. The van der Waals surface area contributed by atoms with Crippen LogP contribution >= 0.6 is 0 Å². The van der Waals surface area contributed by atoms with E-state index in [9.17, 15) is 4.79 Å². The highest BCUT2D eigenvalue weighted by molar-refractivity contribution is 5.89. The third-order valence-corrected chi connectivity index (χ3v) is 3.87. The number of anilines is 1. The Kier molecular flexibility index (Phi) is 5.05. The fraction of sp³-hybridized carbons (Fsp3) is 0.412. The van der Waals surface area contributed by atoms with E-state index in [1.807, 2.05) is 18.2 Å². The Morgan fingerprint density at radius 1 is 1.39 bits per heavy atom. The van der Waals surface area contributed by atoms with Crippen LogP contribution in [0.5, 0.6) is 0 Å². The third-order valence-electron chi connectivity index (χ3n) is 3.87. The van der Waals surface area contributed by atoms with Crippen molar-refractivity contribution in [1.82, 2.24) is 10.1 Å². The van der Waals surface area contributed by atoms with E-state index in [2.05, 4.69) is 27.5 Å². The van der Waals surface area contributed by atoms with Gasteiger partial charge in [0.2, 0.25) is 5.91 Å². The first kappa shape index (κ1) is 15.7. The van der Waals surface area contributed by atoms with Gasteiger partial charge in [-0.05, 0) is 12.5 Å². The molecule has 1 N–H and O–H groups in total. The maximum atomic E-state index is 12.0. The Bertz CT molecular complexity index is 642. The van der Waals surface area contributed by atoms with Crippen molar-refractivity contribution in [3.8, 4) is 0 Å². The van der Waals surface area contributed by atoms with Crippen molar-refractivity contribution in [2.24, 2.45) is 0 Å². The van der Waals surface area contributed by atoms with Crippen molar-refractivity contribution < 1.29 is 14.1 Å². The molecule has 6 heteroatoms. The number of nitrogens with one attached hydrogen (secondary N) is 1. The van der Waals surface area contributed by atoms with Crippen LogP contribution in [0.4, 0.5) is 5.82 Å². The number of carbonyl (C=O) groups is 1. The number of morpholine rings is 1. The van der Waals surface area contributed by atoms with Crippen LogP contribution in [0.1, 0.15) is 23.8 Å². The lowest BCUT2D eigenvalue weighted by atomic mass is 10.1. The Labute approximate surface area is 135 Å². The summed E-state index contributed by atoms with van der Waals surface area (Å²) in [6, 6.07) is 11.9. The zero-order chi connectivity index (χ0) is 16.1. The van der Waals surface area contributed by atoms with Gasteiger partial charge in [-0.25, -0.2) is 0 Å². The molecule has 0 spiro atoms.